The van der Waals surface area contributed by atoms with Crippen molar-refractivity contribution in [3.8, 4) is 0 Å². The van der Waals surface area contributed by atoms with Crippen molar-refractivity contribution in [2.45, 2.75) is 12.5 Å². The first kappa shape index (κ1) is 9.33. The third kappa shape index (κ3) is 2.11. The van der Waals surface area contributed by atoms with Crippen LogP contribution in [0.4, 0.5) is 0 Å². The molecule has 1 aliphatic carbocycles. The molecule has 0 aromatic rings. The molecule has 12 heavy (non-hydrogen) atoms. The summed E-state index contributed by atoms with van der Waals surface area (Å²) in [5.41, 5.74) is 12.3. The molecule has 0 radical (unpaired) electrons. The van der Waals surface area contributed by atoms with Gasteiger partial charge in [-0.3, -0.25) is 0 Å². The zero-order chi connectivity index (χ0) is 9.14. The molecular weight excluding hydrogens is 171 g/mol. The van der Waals surface area contributed by atoms with Gasteiger partial charge in [-0.05, 0) is 6.08 Å². The lowest BCUT2D eigenvalue weighted by Gasteiger charge is -2.14. The Morgan fingerprint density at radius 2 is 2.42 bits per heavy atom. The van der Waals surface area contributed by atoms with Crippen LogP contribution in [-0.4, -0.2) is 28.6 Å². The first-order valence-corrected chi connectivity index (χ1v) is 4.47. The summed E-state index contributed by atoms with van der Waals surface area (Å²) in [6, 6.07) is -0.161. The van der Waals surface area contributed by atoms with Gasteiger partial charge in [-0.2, -0.15) is 0 Å². The van der Waals surface area contributed by atoms with Crippen LogP contribution in [0.1, 0.15) is 6.42 Å². The van der Waals surface area contributed by atoms with E-state index >= 15 is 0 Å². The second-order valence-electron chi connectivity index (χ2n) is 2.70. The lowest BCUT2D eigenvalue weighted by Crippen LogP contribution is -2.25. The summed E-state index contributed by atoms with van der Waals surface area (Å²) in [6.45, 7) is 0. The van der Waals surface area contributed by atoms with Gasteiger partial charge >= 0.3 is 22.6 Å². The van der Waals surface area contributed by atoms with Crippen LogP contribution in [0.25, 0.3) is 0 Å². The maximum Gasteiger partial charge on any atom is 0.499 e. The molecule has 0 amide bonds. The molecule has 0 saturated carbocycles. The molecule has 1 unspecified atom stereocenters. The highest BCUT2D eigenvalue weighted by Crippen LogP contribution is 2.13. The van der Waals surface area contributed by atoms with E-state index in [1.54, 1.807) is 12.2 Å². The van der Waals surface area contributed by atoms with Crippen LogP contribution in [0.5, 0.6) is 0 Å². The summed E-state index contributed by atoms with van der Waals surface area (Å²) in [5, 5.41) is 0. The van der Waals surface area contributed by atoms with Gasteiger partial charge in [0.05, 0.1) is 5.57 Å². The van der Waals surface area contributed by atoms with Crippen LogP contribution >= 0.6 is 0 Å². The van der Waals surface area contributed by atoms with E-state index in [1.165, 1.54) is 0 Å². The third-order valence-electron chi connectivity index (χ3n) is 1.63. The molecular formula is C7H11AlN2O2. The second kappa shape index (κ2) is 3.77. The average Bonchev–Trinajstić information content (AvgIpc) is 2.01. The van der Waals surface area contributed by atoms with Crippen molar-refractivity contribution in [3.63, 3.8) is 0 Å². The quantitative estimate of drug-likeness (QED) is 0.488. The summed E-state index contributed by atoms with van der Waals surface area (Å²) in [4.78, 5) is 11.0. The van der Waals surface area contributed by atoms with Crippen molar-refractivity contribution in [1.82, 2.24) is 0 Å². The van der Waals surface area contributed by atoms with Gasteiger partial charge < -0.3 is 15.3 Å². The molecule has 0 saturated heterocycles. The van der Waals surface area contributed by atoms with E-state index in [0.717, 1.165) is 0 Å². The Kier molecular flexibility index (Phi) is 2.93. The lowest BCUT2D eigenvalue weighted by atomic mass is 10.0. The molecule has 5 heteroatoms. The van der Waals surface area contributed by atoms with Gasteiger partial charge in [0.2, 0.25) is 0 Å². The highest BCUT2D eigenvalue weighted by molar-refractivity contribution is 6.10. The molecule has 4 nitrogen and oxygen atoms in total. The van der Waals surface area contributed by atoms with Crippen LogP contribution in [0, 0.1) is 0 Å². The van der Waals surface area contributed by atoms with E-state index in [4.69, 9.17) is 11.5 Å². The molecule has 64 valence electrons. The van der Waals surface area contributed by atoms with E-state index in [-0.39, 0.29) is 12.0 Å². The molecule has 1 rings (SSSR count). The van der Waals surface area contributed by atoms with E-state index in [1.807, 2.05) is 0 Å². The first-order valence-electron chi connectivity index (χ1n) is 3.65. The van der Waals surface area contributed by atoms with Crippen LogP contribution in [-0.2, 0) is 8.58 Å². The topological polar surface area (TPSA) is 78.3 Å². The Bertz CT molecular complexity index is 260. The van der Waals surface area contributed by atoms with Crippen molar-refractivity contribution in [1.29, 1.82) is 0 Å². The molecule has 0 fully saturated rings. The fourth-order valence-corrected chi connectivity index (χ4v) is 1.35. The lowest BCUT2D eigenvalue weighted by molar-refractivity contribution is -0.129. The zero-order valence-electron chi connectivity index (χ0n) is 6.91. The summed E-state index contributed by atoms with van der Waals surface area (Å²) < 4.78 is 4.66. The van der Waals surface area contributed by atoms with Gasteiger partial charge in [-0.15, -0.1) is 0 Å². The molecule has 0 bridgehead atoms. The summed E-state index contributed by atoms with van der Waals surface area (Å²) in [5.74, 6) is -0.334. The van der Waals surface area contributed by atoms with Crippen molar-refractivity contribution in [2.24, 2.45) is 11.5 Å². The number of hydrogen-bond acceptors (Lipinski definition) is 4. The summed E-state index contributed by atoms with van der Waals surface area (Å²) in [7, 11) is 0. The van der Waals surface area contributed by atoms with E-state index in [0.29, 0.717) is 34.3 Å². The minimum atomic E-state index is -0.334. The van der Waals surface area contributed by atoms with Crippen molar-refractivity contribution in [2.75, 3.05) is 0 Å². The predicted octanol–water partition coefficient (Wildman–Crippen LogP) is -1.42. The van der Waals surface area contributed by atoms with Gasteiger partial charge in [-0.1, -0.05) is 6.08 Å². The maximum atomic E-state index is 11.0. The number of nitrogens with two attached hydrogens (primary N) is 2. The van der Waals surface area contributed by atoms with Crippen LogP contribution in [0.2, 0.25) is 0 Å². The maximum absolute atomic E-state index is 11.0. The van der Waals surface area contributed by atoms with Crippen molar-refractivity contribution >= 4 is 22.6 Å². The standard InChI is InChI=1S/C7H10N2O2.Al.2H/c8-5-1-4(7(10)11)2-6(9)3-5;;;/h1-2,5H,3,8-9H2,(H,10,11);;;/q;+1;;/p-1. The smallest absolute Gasteiger partial charge is 0.499 e. The Morgan fingerprint density at radius 1 is 1.75 bits per heavy atom. The zero-order valence-corrected chi connectivity index (χ0v) is 8.91. The van der Waals surface area contributed by atoms with Gasteiger partial charge in [0, 0.05) is 18.2 Å². The fourth-order valence-electron chi connectivity index (χ4n) is 1.11. The highest BCUT2D eigenvalue weighted by atomic mass is 27.1. The fraction of sp³-hybridized carbons (Fsp3) is 0.286. The van der Waals surface area contributed by atoms with Crippen LogP contribution < -0.4 is 11.5 Å². The average molecular weight is 182 g/mol. The second-order valence-corrected chi connectivity index (χ2v) is 3.11. The predicted molar refractivity (Wildman–Crippen MR) is 47.6 cm³/mol. The van der Waals surface area contributed by atoms with E-state index < -0.39 is 0 Å². The number of hydrogen-bond donors (Lipinski definition) is 2. The third-order valence-corrected chi connectivity index (χ3v) is 2.00. The highest BCUT2D eigenvalue weighted by Gasteiger charge is 2.14. The Morgan fingerprint density at radius 3 is 2.92 bits per heavy atom. The largest absolute Gasteiger partial charge is 0.618 e. The number of carbonyl (C=O) groups excluding carboxylic acids is 1. The molecule has 0 spiro atoms. The van der Waals surface area contributed by atoms with Gasteiger partial charge in [0.15, 0.2) is 0 Å². The van der Waals surface area contributed by atoms with Gasteiger partial charge in [0.1, 0.15) is 0 Å². The summed E-state index contributed by atoms with van der Waals surface area (Å²) in [6.07, 6.45) is 3.90. The van der Waals surface area contributed by atoms with Crippen LogP contribution in [0.3, 0.4) is 0 Å². The van der Waals surface area contributed by atoms with Crippen molar-refractivity contribution < 1.29 is 8.58 Å². The minimum Gasteiger partial charge on any atom is -0.618 e. The molecule has 4 N–H and O–H groups in total. The molecule has 0 aromatic heterocycles. The minimum absolute atomic E-state index is 0.161. The summed E-state index contributed by atoms with van der Waals surface area (Å²) >= 11 is 0.392. The molecule has 0 aliphatic heterocycles. The Hall–Kier alpha value is -0.758. The Labute approximate surface area is 79.0 Å². The van der Waals surface area contributed by atoms with Crippen molar-refractivity contribution in [3.05, 3.63) is 23.4 Å². The van der Waals surface area contributed by atoms with E-state index in [9.17, 15) is 4.79 Å². The van der Waals surface area contributed by atoms with E-state index in [2.05, 4.69) is 3.79 Å². The Balaban J connectivity index is 2.83. The molecule has 0 aromatic carbocycles. The normalized spacial score (nSPS) is 22.6. The number of rotatable bonds is 1. The molecule has 1 aliphatic rings. The molecule has 0 heterocycles. The number of carbonyl (C=O) groups is 1. The monoisotopic (exact) mass is 182 g/mol. The van der Waals surface area contributed by atoms with Gasteiger partial charge in [0.25, 0.3) is 0 Å². The SMILES string of the molecule is NC1=CC(C(=O)[O][AlH2])=CC(N)C1. The van der Waals surface area contributed by atoms with Gasteiger partial charge in [-0.25, -0.2) is 4.79 Å². The van der Waals surface area contributed by atoms with Crippen LogP contribution in [0.15, 0.2) is 23.4 Å². The first-order chi connectivity index (χ1) is 5.63. The molecule has 1 atom stereocenters.